The monoisotopic (exact) mass is 392 g/mol. The normalized spacial score (nSPS) is 18.8. The summed E-state index contributed by atoms with van der Waals surface area (Å²) in [7, 11) is -2.99. The Bertz CT molecular complexity index is 872. The topological polar surface area (TPSA) is 67.3 Å². The van der Waals surface area contributed by atoms with Crippen molar-refractivity contribution in [2.24, 2.45) is 0 Å². The largest absolute Gasteiger partial charge is 0.339 e. The highest BCUT2D eigenvalue weighted by atomic mass is 32.2. The Labute approximate surface area is 159 Å². The molecule has 1 atom stereocenters. The van der Waals surface area contributed by atoms with Gasteiger partial charge in [-0.2, -0.15) is 0 Å². The number of sulfone groups is 1. The summed E-state index contributed by atoms with van der Waals surface area (Å²) in [5.74, 6) is 0.299. The quantitative estimate of drug-likeness (QED) is 0.758. The summed E-state index contributed by atoms with van der Waals surface area (Å²) >= 11 is 1.58. The van der Waals surface area contributed by atoms with E-state index < -0.39 is 9.84 Å². The van der Waals surface area contributed by atoms with E-state index in [1.165, 1.54) is 5.56 Å². The van der Waals surface area contributed by atoms with Gasteiger partial charge < -0.3 is 4.90 Å². The second kappa shape index (κ2) is 7.88. The number of carbonyl (C=O) groups excluding carboxylic acids is 1. The van der Waals surface area contributed by atoms with Crippen molar-refractivity contribution in [1.82, 2.24) is 9.88 Å². The van der Waals surface area contributed by atoms with E-state index in [0.717, 1.165) is 16.3 Å². The molecule has 0 aliphatic carbocycles. The molecule has 1 amide bonds. The Hall–Kier alpha value is -1.73. The van der Waals surface area contributed by atoms with Gasteiger partial charge >= 0.3 is 0 Å². The molecule has 3 rings (SSSR count). The number of benzene rings is 1. The van der Waals surface area contributed by atoms with Gasteiger partial charge in [-0.3, -0.25) is 4.79 Å². The number of carbonyl (C=O) groups is 1. The number of rotatable bonds is 6. The highest BCUT2D eigenvalue weighted by Gasteiger charge is 2.33. The maximum absolute atomic E-state index is 12.6. The molecule has 2 heterocycles. The van der Waals surface area contributed by atoms with Gasteiger partial charge in [-0.05, 0) is 26.7 Å². The van der Waals surface area contributed by atoms with Crippen molar-refractivity contribution in [3.63, 3.8) is 0 Å². The third-order valence-corrected chi connectivity index (χ3v) is 7.45. The van der Waals surface area contributed by atoms with Gasteiger partial charge in [0.2, 0.25) is 5.91 Å². The van der Waals surface area contributed by atoms with Crippen LogP contribution in [-0.2, 0) is 21.1 Å². The predicted octanol–water partition coefficient (Wildman–Crippen LogP) is 3.09. The fraction of sp³-hybridized carbons (Fsp3) is 0.474. The number of hydrogen-bond acceptors (Lipinski definition) is 5. The van der Waals surface area contributed by atoms with Crippen molar-refractivity contribution in [2.45, 2.75) is 39.2 Å². The molecule has 0 bridgehead atoms. The van der Waals surface area contributed by atoms with Gasteiger partial charge in [-0.25, -0.2) is 13.4 Å². The molecule has 0 spiro atoms. The number of amides is 1. The molecule has 1 aromatic carbocycles. The van der Waals surface area contributed by atoms with Crippen molar-refractivity contribution < 1.29 is 13.2 Å². The fourth-order valence-electron chi connectivity index (χ4n) is 3.29. The number of nitrogens with zero attached hydrogens (tertiary/aromatic N) is 2. The van der Waals surface area contributed by atoms with Crippen LogP contribution in [0.5, 0.6) is 0 Å². The van der Waals surface area contributed by atoms with Crippen LogP contribution in [-0.4, -0.2) is 48.3 Å². The maximum atomic E-state index is 12.6. The van der Waals surface area contributed by atoms with E-state index in [0.29, 0.717) is 25.8 Å². The van der Waals surface area contributed by atoms with Crippen molar-refractivity contribution in [3.8, 4) is 10.6 Å². The summed E-state index contributed by atoms with van der Waals surface area (Å²) in [4.78, 5) is 18.9. The maximum Gasteiger partial charge on any atom is 0.223 e. The Morgan fingerprint density at radius 3 is 2.65 bits per heavy atom. The van der Waals surface area contributed by atoms with Gasteiger partial charge in [-0.15, -0.1) is 11.3 Å². The number of aryl methyl sites for hydroxylation is 2. The number of thiazole rings is 1. The van der Waals surface area contributed by atoms with Crippen molar-refractivity contribution in [2.75, 3.05) is 18.1 Å². The van der Waals surface area contributed by atoms with E-state index in [1.54, 1.807) is 16.2 Å². The molecular weight excluding hydrogens is 368 g/mol. The molecule has 140 valence electrons. The Balaban J connectivity index is 1.60. The third-order valence-electron chi connectivity index (χ3n) is 4.76. The third kappa shape index (κ3) is 4.51. The first-order valence-corrected chi connectivity index (χ1v) is 11.6. The molecule has 1 aliphatic rings. The minimum Gasteiger partial charge on any atom is -0.339 e. The van der Waals surface area contributed by atoms with E-state index in [4.69, 9.17) is 0 Å². The van der Waals surface area contributed by atoms with Crippen LogP contribution in [0, 0.1) is 6.92 Å². The predicted molar refractivity (Wildman–Crippen MR) is 105 cm³/mol. The van der Waals surface area contributed by atoms with Crippen LogP contribution in [0.2, 0.25) is 0 Å². The van der Waals surface area contributed by atoms with Crippen molar-refractivity contribution >= 4 is 27.1 Å². The average Bonchev–Trinajstić information content (AvgIpc) is 3.21. The summed E-state index contributed by atoms with van der Waals surface area (Å²) in [5.41, 5.74) is 3.21. The molecule has 1 aromatic heterocycles. The van der Waals surface area contributed by atoms with Crippen LogP contribution >= 0.6 is 11.3 Å². The first-order chi connectivity index (χ1) is 12.4. The summed E-state index contributed by atoms with van der Waals surface area (Å²) in [6, 6.07) is 8.07. The van der Waals surface area contributed by atoms with Crippen molar-refractivity contribution in [1.29, 1.82) is 0 Å². The van der Waals surface area contributed by atoms with Gasteiger partial charge in [0.1, 0.15) is 5.01 Å². The number of hydrogen-bond donors (Lipinski definition) is 0. The lowest BCUT2D eigenvalue weighted by Crippen LogP contribution is -2.41. The van der Waals surface area contributed by atoms with Gasteiger partial charge in [0.25, 0.3) is 0 Å². The molecule has 0 radical (unpaired) electrons. The van der Waals surface area contributed by atoms with Crippen LogP contribution in [0.3, 0.4) is 0 Å². The lowest BCUT2D eigenvalue weighted by atomic mass is 10.1. The molecular formula is C19H24N2O3S2. The molecule has 26 heavy (non-hydrogen) atoms. The first-order valence-electron chi connectivity index (χ1n) is 8.89. The van der Waals surface area contributed by atoms with Crippen LogP contribution in [0.1, 0.15) is 31.0 Å². The van der Waals surface area contributed by atoms with Crippen LogP contribution in [0.15, 0.2) is 29.6 Å². The average molecular weight is 393 g/mol. The van der Waals surface area contributed by atoms with Crippen LogP contribution in [0.25, 0.3) is 10.6 Å². The van der Waals surface area contributed by atoms with Gasteiger partial charge in [0.15, 0.2) is 9.84 Å². The standard InChI is InChI=1S/C19H24N2O3S2/c1-3-21(17-10-11-26(23,24)13-17)18(22)9-8-16-12-25-19(20-16)15-6-4-14(2)5-7-15/h4-7,12,17H,3,8-11,13H2,1-2H3. The second-order valence-corrected chi connectivity index (χ2v) is 9.83. The zero-order valence-electron chi connectivity index (χ0n) is 15.1. The SMILES string of the molecule is CCN(C(=O)CCc1csc(-c2ccc(C)cc2)n1)C1CCS(=O)(=O)C1. The Kier molecular flexibility index (Phi) is 5.77. The molecule has 1 fully saturated rings. The van der Waals surface area contributed by atoms with E-state index in [-0.39, 0.29) is 23.5 Å². The zero-order valence-corrected chi connectivity index (χ0v) is 16.8. The van der Waals surface area contributed by atoms with E-state index in [2.05, 4.69) is 36.2 Å². The number of aromatic nitrogens is 1. The molecule has 7 heteroatoms. The summed E-state index contributed by atoms with van der Waals surface area (Å²) in [6.07, 6.45) is 1.49. The minimum atomic E-state index is -2.99. The fourth-order valence-corrected chi connectivity index (χ4v) is 5.88. The molecule has 0 N–H and O–H groups in total. The first kappa shape index (κ1) is 19.0. The van der Waals surface area contributed by atoms with Crippen LogP contribution < -0.4 is 0 Å². The van der Waals surface area contributed by atoms with E-state index >= 15 is 0 Å². The smallest absolute Gasteiger partial charge is 0.223 e. The lowest BCUT2D eigenvalue weighted by Gasteiger charge is -2.26. The molecule has 0 saturated carbocycles. The summed E-state index contributed by atoms with van der Waals surface area (Å²) in [5, 5.41) is 2.96. The summed E-state index contributed by atoms with van der Waals surface area (Å²) in [6.45, 7) is 4.50. The highest BCUT2D eigenvalue weighted by Crippen LogP contribution is 2.25. The lowest BCUT2D eigenvalue weighted by molar-refractivity contribution is -0.132. The Morgan fingerprint density at radius 1 is 1.31 bits per heavy atom. The molecule has 1 aliphatic heterocycles. The van der Waals surface area contributed by atoms with Gasteiger partial charge in [0, 0.05) is 30.0 Å². The van der Waals surface area contributed by atoms with E-state index in [9.17, 15) is 13.2 Å². The molecule has 1 unspecified atom stereocenters. The molecule has 5 nitrogen and oxygen atoms in total. The van der Waals surface area contributed by atoms with Gasteiger partial charge in [-0.1, -0.05) is 29.8 Å². The zero-order chi connectivity index (χ0) is 18.7. The Morgan fingerprint density at radius 2 is 2.04 bits per heavy atom. The van der Waals surface area contributed by atoms with E-state index in [1.807, 2.05) is 12.3 Å². The van der Waals surface area contributed by atoms with Crippen LogP contribution in [0.4, 0.5) is 0 Å². The molecule has 2 aromatic rings. The second-order valence-electron chi connectivity index (χ2n) is 6.75. The highest BCUT2D eigenvalue weighted by molar-refractivity contribution is 7.91. The minimum absolute atomic E-state index is 0.0134. The van der Waals surface area contributed by atoms with Crippen molar-refractivity contribution in [3.05, 3.63) is 40.9 Å². The van der Waals surface area contributed by atoms with Gasteiger partial charge in [0.05, 0.1) is 17.2 Å². The summed E-state index contributed by atoms with van der Waals surface area (Å²) < 4.78 is 23.4. The molecule has 1 saturated heterocycles.